The standard InChI is InChI=1S/C20H25N3O3S/c1-4-11-14-12(9-20(2,3)10-13(14)24)22-18-15(11)16(21)17(27-18)19(25)23-5-7-26-8-6-23/h4-10,21H2,1-3H3. The first-order valence-electron chi connectivity index (χ1n) is 9.46. The Bertz CT molecular complexity index is 942. The quantitative estimate of drug-likeness (QED) is 0.856. The van der Waals surface area contributed by atoms with Crippen molar-refractivity contribution in [2.75, 3.05) is 32.0 Å². The molecule has 0 bridgehead atoms. The third-order valence-electron chi connectivity index (χ3n) is 5.47. The maximum absolute atomic E-state index is 13.0. The summed E-state index contributed by atoms with van der Waals surface area (Å²) in [4.78, 5) is 33.7. The Labute approximate surface area is 162 Å². The molecule has 2 aromatic heterocycles. The Morgan fingerprint density at radius 1 is 1.30 bits per heavy atom. The number of ketones is 1. The van der Waals surface area contributed by atoms with Gasteiger partial charge < -0.3 is 15.4 Å². The predicted molar refractivity (Wildman–Crippen MR) is 107 cm³/mol. The van der Waals surface area contributed by atoms with Crippen molar-refractivity contribution in [1.29, 1.82) is 0 Å². The first-order chi connectivity index (χ1) is 12.8. The molecule has 3 heterocycles. The molecule has 1 saturated heterocycles. The summed E-state index contributed by atoms with van der Waals surface area (Å²) in [5, 5.41) is 0.797. The van der Waals surface area contributed by atoms with E-state index in [1.54, 1.807) is 4.90 Å². The number of amides is 1. The monoisotopic (exact) mass is 387 g/mol. The van der Waals surface area contributed by atoms with Crippen LogP contribution >= 0.6 is 11.3 Å². The third kappa shape index (κ3) is 3.02. The number of aromatic nitrogens is 1. The Morgan fingerprint density at radius 3 is 2.67 bits per heavy atom. The van der Waals surface area contributed by atoms with Crippen molar-refractivity contribution in [2.45, 2.75) is 40.0 Å². The molecule has 6 nitrogen and oxygen atoms in total. The van der Waals surface area contributed by atoms with E-state index in [0.717, 1.165) is 33.5 Å². The second kappa shape index (κ2) is 6.56. The number of hydrogen-bond acceptors (Lipinski definition) is 6. The summed E-state index contributed by atoms with van der Waals surface area (Å²) < 4.78 is 5.34. The molecule has 0 spiro atoms. The van der Waals surface area contributed by atoms with Crippen molar-refractivity contribution in [3.8, 4) is 0 Å². The highest BCUT2D eigenvalue weighted by Crippen LogP contribution is 2.42. The molecule has 144 valence electrons. The first-order valence-corrected chi connectivity index (χ1v) is 10.3. The summed E-state index contributed by atoms with van der Waals surface area (Å²) >= 11 is 1.35. The van der Waals surface area contributed by atoms with Gasteiger partial charge in [-0.05, 0) is 23.8 Å². The van der Waals surface area contributed by atoms with Crippen molar-refractivity contribution in [1.82, 2.24) is 9.88 Å². The van der Waals surface area contributed by atoms with Crippen LogP contribution in [0.5, 0.6) is 0 Å². The molecule has 0 aromatic carbocycles. The molecular formula is C20H25N3O3S. The van der Waals surface area contributed by atoms with Crippen LogP contribution in [0.2, 0.25) is 0 Å². The lowest BCUT2D eigenvalue weighted by atomic mass is 9.74. The molecule has 0 unspecified atom stereocenters. The fraction of sp³-hybridized carbons (Fsp3) is 0.550. The number of pyridine rings is 1. The molecule has 2 aliphatic rings. The number of hydrogen-bond donors (Lipinski definition) is 1. The highest BCUT2D eigenvalue weighted by Gasteiger charge is 2.35. The normalized spacial score (nSPS) is 19.4. The van der Waals surface area contributed by atoms with Crippen molar-refractivity contribution < 1.29 is 14.3 Å². The Morgan fingerprint density at radius 2 is 2.00 bits per heavy atom. The van der Waals surface area contributed by atoms with E-state index in [9.17, 15) is 9.59 Å². The number of fused-ring (bicyclic) bond motifs is 2. The van der Waals surface area contributed by atoms with Gasteiger partial charge in [0.2, 0.25) is 0 Å². The van der Waals surface area contributed by atoms with Crippen LogP contribution in [0.15, 0.2) is 0 Å². The van der Waals surface area contributed by atoms with Crippen LogP contribution in [0.3, 0.4) is 0 Å². The number of anilines is 1. The van der Waals surface area contributed by atoms with Gasteiger partial charge in [0.05, 0.1) is 24.6 Å². The van der Waals surface area contributed by atoms with Gasteiger partial charge in [-0.1, -0.05) is 20.8 Å². The Kier molecular flexibility index (Phi) is 4.47. The highest BCUT2D eigenvalue weighted by molar-refractivity contribution is 7.21. The number of carbonyl (C=O) groups excluding carboxylic acids is 2. The second-order valence-corrected chi connectivity index (χ2v) is 9.14. The SMILES string of the molecule is CCc1c2c(nc3sc(C(=O)N4CCOCC4)c(N)c13)CC(C)(C)CC2=O. The molecule has 1 aliphatic heterocycles. The summed E-state index contributed by atoms with van der Waals surface area (Å²) in [6, 6.07) is 0. The van der Waals surface area contributed by atoms with E-state index in [-0.39, 0.29) is 17.1 Å². The lowest BCUT2D eigenvalue weighted by molar-refractivity contribution is 0.0307. The summed E-state index contributed by atoms with van der Waals surface area (Å²) in [5.74, 6) is 0.0737. The molecule has 1 aliphatic carbocycles. The number of aryl methyl sites for hydroxylation is 1. The van der Waals surface area contributed by atoms with Gasteiger partial charge in [-0.25, -0.2) is 4.98 Å². The molecular weight excluding hydrogens is 362 g/mol. The van der Waals surface area contributed by atoms with Gasteiger partial charge in [-0.15, -0.1) is 11.3 Å². The van der Waals surface area contributed by atoms with E-state index in [1.165, 1.54) is 11.3 Å². The average Bonchev–Trinajstić information content (AvgIpc) is 2.95. The zero-order valence-corrected chi connectivity index (χ0v) is 16.9. The van der Waals surface area contributed by atoms with Gasteiger partial charge in [0.25, 0.3) is 5.91 Å². The number of rotatable bonds is 2. The summed E-state index contributed by atoms with van der Waals surface area (Å²) in [6.07, 6.45) is 1.98. The second-order valence-electron chi connectivity index (χ2n) is 8.14. The lowest BCUT2D eigenvalue weighted by Crippen LogP contribution is -2.40. The zero-order valence-electron chi connectivity index (χ0n) is 16.1. The Balaban J connectivity index is 1.87. The number of nitrogens with two attached hydrogens (primary N) is 1. The number of thiophene rings is 1. The number of morpholine rings is 1. The van der Waals surface area contributed by atoms with Gasteiger partial charge in [-0.3, -0.25) is 9.59 Å². The Hall–Kier alpha value is -1.99. The van der Waals surface area contributed by atoms with Crippen LogP contribution < -0.4 is 5.73 Å². The predicted octanol–water partition coefficient (Wildman–Crippen LogP) is 3.07. The molecule has 2 N–H and O–H groups in total. The minimum Gasteiger partial charge on any atom is -0.397 e. The minimum absolute atomic E-state index is 0.0644. The van der Waals surface area contributed by atoms with Crippen LogP contribution in [0.4, 0.5) is 5.69 Å². The summed E-state index contributed by atoms with van der Waals surface area (Å²) in [7, 11) is 0. The number of ether oxygens (including phenoxy) is 1. The van der Waals surface area contributed by atoms with E-state index in [0.29, 0.717) is 49.7 Å². The molecule has 4 rings (SSSR count). The molecule has 27 heavy (non-hydrogen) atoms. The molecule has 1 amide bonds. The third-order valence-corrected chi connectivity index (χ3v) is 6.55. The van der Waals surface area contributed by atoms with Crippen LogP contribution in [0, 0.1) is 5.41 Å². The van der Waals surface area contributed by atoms with E-state index >= 15 is 0 Å². The molecule has 0 radical (unpaired) electrons. The summed E-state index contributed by atoms with van der Waals surface area (Å²) in [5.41, 5.74) is 9.35. The minimum atomic E-state index is -0.0922. The highest BCUT2D eigenvalue weighted by atomic mass is 32.1. The fourth-order valence-electron chi connectivity index (χ4n) is 4.20. The molecule has 7 heteroatoms. The van der Waals surface area contributed by atoms with E-state index in [1.807, 2.05) is 6.92 Å². The number of nitrogens with zero attached hydrogens (tertiary/aromatic N) is 2. The maximum atomic E-state index is 13.0. The van der Waals surface area contributed by atoms with Gasteiger partial charge in [0.15, 0.2) is 5.78 Å². The zero-order chi connectivity index (χ0) is 19.3. The smallest absolute Gasteiger partial charge is 0.266 e. The number of nitrogen functional groups attached to an aromatic ring is 1. The van der Waals surface area contributed by atoms with Gasteiger partial charge in [0, 0.05) is 30.5 Å². The van der Waals surface area contributed by atoms with Crippen LogP contribution in [-0.2, 0) is 17.6 Å². The van der Waals surface area contributed by atoms with Gasteiger partial charge in [-0.2, -0.15) is 0 Å². The molecule has 2 aromatic rings. The van der Waals surface area contributed by atoms with E-state index in [4.69, 9.17) is 15.5 Å². The van der Waals surface area contributed by atoms with Gasteiger partial charge in [0.1, 0.15) is 9.71 Å². The van der Waals surface area contributed by atoms with E-state index in [2.05, 4.69) is 13.8 Å². The number of carbonyl (C=O) groups is 2. The van der Waals surface area contributed by atoms with Gasteiger partial charge >= 0.3 is 0 Å². The largest absolute Gasteiger partial charge is 0.397 e. The van der Waals surface area contributed by atoms with Crippen molar-refractivity contribution >= 4 is 38.9 Å². The maximum Gasteiger partial charge on any atom is 0.266 e. The topological polar surface area (TPSA) is 85.5 Å². The molecule has 0 atom stereocenters. The number of Topliss-reactive ketones (excluding diaryl/α,β-unsaturated/α-hetero) is 1. The van der Waals surface area contributed by atoms with Crippen molar-refractivity contribution in [3.63, 3.8) is 0 Å². The summed E-state index contributed by atoms with van der Waals surface area (Å²) in [6.45, 7) is 8.47. The fourth-order valence-corrected chi connectivity index (χ4v) is 5.31. The van der Waals surface area contributed by atoms with E-state index < -0.39 is 0 Å². The first kappa shape index (κ1) is 18.4. The van der Waals surface area contributed by atoms with Crippen molar-refractivity contribution in [2.24, 2.45) is 5.41 Å². The molecule has 0 saturated carbocycles. The van der Waals surface area contributed by atoms with Crippen LogP contribution in [-0.4, -0.2) is 47.9 Å². The average molecular weight is 388 g/mol. The van der Waals surface area contributed by atoms with Crippen molar-refractivity contribution in [3.05, 3.63) is 21.7 Å². The lowest BCUT2D eigenvalue weighted by Gasteiger charge is -2.30. The van der Waals surface area contributed by atoms with Crippen LogP contribution in [0.1, 0.15) is 58.5 Å². The molecule has 1 fully saturated rings. The van der Waals surface area contributed by atoms with Crippen LogP contribution in [0.25, 0.3) is 10.2 Å².